The largest absolute Gasteiger partial charge is 0.391 e. The van der Waals surface area contributed by atoms with Crippen LogP contribution in [0.1, 0.15) is 37.4 Å². The van der Waals surface area contributed by atoms with E-state index >= 15 is 0 Å². The van der Waals surface area contributed by atoms with E-state index in [0.29, 0.717) is 24.8 Å². The Morgan fingerprint density at radius 1 is 1.21 bits per heavy atom. The van der Waals surface area contributed by atoms with Gasteiger partial charge in [-0.3, -0.25) is 9.79 Å². The van der Waals surface area contributed by atoms with Crippen molar-refractivity contribution in [2.75, 3.05) is 17.2 Å². The normalized spacial score (nSPS) is 28.9. The molecule has 1 unspecified atom stereocenters. The molecule has 3 N–H and O–H groups in total. The molecule has 0 spiro atoms. The van der Waals surface area contributed by atoms with E-state index in [4.69, 9.17) is 10.1 Å². The predicted molar refractivity (Wildman–Crippen MR) is 131 cm³/mol. The number of anilines is 2. The number of aliphatic hydroxyl groups is 1. The second kappa shape index (κ2) is 7.42. The minimum atomic E-state index is -0.556. The summed E-state index contributed by atoms with van der Waals surface area (Å²) in [5, 5.41) is 23.9. The number of fused-ring (bicyclic) bond motifs is 2. The SMILES string of the molecule is CC1(C)C(=O)Nc2cc(NC3=N[N+]4(N5C[C@H](O)C[C@H]5c5ccccc5)C=CN=CC4=N3)ccc21. The molecule has 2 aromatic carbocycles. The van der Waals surface area contributed by atoms with E-state index in [-0.39, 0.29) is 16.7 Å². The van der Waals surface area contributed by atoms with Crippen molar-refractivity contribution in [2.24, 2.45) is 15.1 Å². The number of nitrogens with one attached hydrogen (secondary N) is 2. The van der Waals surface area contributed by atoms with Crippen LogP contribution in [0.2, 0.25) is 0 Å². The fourth-order valence-electron chi connectivity index (χ4n) is 5.11. The van der Waals surface area contributed by atoms with Gasteiger partial charge in [0.05, 0.1) is 30.3 Å². The van der Waals surface area contributed by atoms with E-state index in [9.17, 15) is 9.90 Å². The number of quaternary nitrogens is 1. The summed E-state index contributed by atoms with van der Waals surface area (Å²) < 4.78 is 0.0111. The van der Waals surface area contributed by atoms with Crippen LogP contribution in [0.25, 0.3) is 0 Å². The highest BCUT2D eigenvalue weighted by atomic mass is 16.3. The standard InChI is InChI=1S/C25H25N7O2/c1-25(2)19-9-8-17(12-20(19)28-23(25)34)27-24-29-22-14-26-10-11-32(22,30-24)31-15-18(33)13-21(31)16-6-4-3-5-7-16/h3-12,14,18,21,33H,13,15H2,1-2H3,(H-,27,28,30,34)/p+1/t18-,21+,32?/m1/s1. The van der Waals surface area contributed by atoms with Crippen molar-refractivity contribution in [1.29, 1.82) is 0 Å². The molecule has 9 nitrogen and oxygen atoms in total. The molecule has 0 radical (unpaired) electrons. The maximum Gasteiger partial charge on any atom is 0.301 e. The molecular formula is C25H26N7O2+. The number of guanidine groups is 1. The Morgan fingerprint density at radius 3 is 2.85 bits per heavy atom. The number of amidine groups is 1. The van der Waals surface area contributed by atoms with Crippen LogP contribution in [0.5, 0.6) is 0 Å². The average molecular weight is 457 g/mol. The molecule has 172 valence electrons. The Labute approximate surface area is 197 Å². The number of amides is 1. The summed E-state index contributed by atoms with van der Waals surface area (Å²) in [6.45, 7) is 4.28. The predicted octanol–water partition coefficient (Wildman–Crippen LogP) is 3.11. The van der Waals surface area contributed by atoms with Crippen LogP contribution < -0.4 is 10.6 Å². The number of aliphatic imine (C=N–C) groups is 2. The summed E-state index contributed by atoms with van der Waals surface area (Å²) in [6.07, 6.45) is 5.44. The van der Waals surface area contributed by atoms with Gasteiger partial charge in [-0.1, -0.05) is 36.4 Å². The first-order valence-corrected chi connectivity index (χ1v) is 11.4. The highest BCUT2D eigenvalue weighted by Crippen LogP contribution is 2.41. The maximum atomic E-state index is 12.3. The van der Waals surface area contributed by atoms with Gasteiger partial charge < -0.3 is 15.7 Å². The summed E-state index contributed by atoms with van der Waals surface area (Å²) in [6, 6.07) is 15.9. The highest BCUT2D eigenvalue weighted by Gasteiger charge is 2.53. The van der Waals surface area contributed by atoms with E-state index in [1.54, 1.807) is 12.4 Å². The number of rotatable bonds is 3. The van der Waals surface area contributed by atoms with Crippen molar-refractivity contribution < 1.29 is 14.6 Å². The van der Waals surface area contributed by atoms with Crippen LogP contribution in [0, 0.1) is 0 Å². The minimum Gasteiger partial charge on any atom is -0.391 e. The lowest BCUT2D eigenvalue weighted by Crippen LogP contribution is -2.56. The van der Waals surface area contributed by atoms with E-state index in [2.05, 4.69) is 32.8 Å². The smallest absolute Gasteiger partial charge is 0.301 e. The van der Waals surface area contributed by atoms with Gasteiger partial charge in [-0.2, -0.15) is 0 Å². The van der Waals surface area contributed by atoms with Crippen molar-refractivity contribution in [2.45, 2.75) is 37.8 Å². The molecular weight excluding hydrogens is 430 g/mol. The van der Waals surface area contributed by atoms with Crippen LogP contribution in [-0.2, 0) is 10.2 Å². The molecule has 1 saturated heterocycles. The van der Waals surface area contributed by atoms with Crippen LogP contribution in [0.15, 0.2) is 76.0 Å². The third-order valence-corrected chi connectivity index (χ3v) is 6.95. The Morgan fingerprint density at radius 2 is 2.03 bits per heavy atom. The molecule has 34 heavy (non-hydrogen) atoms. The molecule has 1 amide bonds. The second-order valence-electron chi connectivity index (χ2n) is 9.52. The fourth-order valence-corrected chi connectivity index (χ4v) is 5.11. The summed E-state index contributed by atoms with van der Waals surface area (Å²) >= 11 is 0. The van der Waals surface area contributed by atoms with Gasteiger partial charge in [0, 0.05) is 11.4 Å². The minimum absolute atomic E-state index is 0.0111. The number of benzene rings is 2. The van der Waals surface area contributed by atoms with Crippen molar-refractivity contribution in [1.82, 2.24) is 5.01 Å². The first-order valence-electron chi connectivity index (χ1n) is 11.4. The molecule has 0 aliphatic carbocycles. The number of carbonyl (C=O) groups excluding carboxylic acids is 1. The number of hydrogen-bond acceptors (Lipinski definition) is 7. The van der Waals surface area contributed by atoms with Crippen LogP contribution in [0.4, 0.5) is 11.4 Å². The van der Waals surface area contributed by atoms with Crippen molar-refractivity contribution in [3.63, 3.8) is 0 Å². The van der Waals surface area contributed by atoms with Gasteiger partial charge in [0.1, 0.15) is 6.21 Å². The lowest BCUT2D eigenvalue weighted by Gasteiger charge is -2.35. The highest BCUT2D eigenvalue weighted by molar-refractivity contribution is 6.30. The molecule has 0 saturated carbocycles. The van der Waals surface area contributed by atoms with Crippen molar-refractivity contribution in [3.05, 3.63) is 72.1 Å². The van der Waals surface area contributed by atoms with Gasteiger partial charge >= 0.3 is 5.84 Å². The molecule has 0 aromatic heterocycles. The lowest BCUT2D eigenvalue weighted by molar-refractivity contribution is -0.921. The van der Waals surface area contributed by atoms with Gasteiger partial charge in [-0.15, -0.1) is 10.0 Å². The van der Waals surface area contributed by atoms with E-state index in [1.807, 2.05) is 56.4 Å². The second-order valence-corrected chi connectivity index (χ2v) is 9.52. The maximum absolute atomic E-state index is 12.3. The average Bonchev–Trinajstić information content (AvgIpc) is 3.46. The summed E-state index contributed by atoms with van der Waals surface area (Å²) in [7, 11) is 0. The zero-order chi connectivity index (χ0) is 23.5. The van der Waals surface area contributed by atoms with Gasteiger partial charge in [-0.05, 0) is 53.3 Å². The monoisotopic (exact) mass is 456 g/mol. The summed E-state index contributed by atoms with van der Waals surface area (Å²) in [5.74, 6) is 1.07. The van der Waals surface area contributed by atoms with E-state index in [0.717, 1.165) is 22.5 Å². The third kappa shape index (κ3) is 3.12. The first kappa shape index (κ1) is 20.9. The number of hydrogen-bond donors (Lipinski definition) is 3. The lowest BCUT2D eigenvalue weighted by atomic mass is 9.86. The van der Waals surface area contributed by atoms with Gasteiger partial charge in [0.2, 0.25) is 5.91 Å². The molecule has 2 aromatic rings. The van der Waals surface area contributed by atoms with Crippen LogP contribution in [0.3, 0.4) is 0 Å². The van der Waals surface area contributed by atoms with Crippen LogP contribution in [-0.4, -0.2) is 51.4 Å². The fraction of sp³-hybridized carbons (Fsp3) is 0.280. The number of carbonyl (C=O) groups is 1. The number of β-amino-alcohol motifs (C(OH)–C–C–N with tert-alkyl or cyclic N) is 1. The quantitative estimate of drug-likeness (QED) is 0.618. The van der Waals surface area contributed by atoms with E-state index < -0.39 is 11.5 Å². The zero-order valence-electron chi connectivity index (χ0n) is 19.0. The molecule has 4 aliphatic heterocycles. The Balaban J connectivity index is 1.34. The Hall–Kier alpha value is -3.66. The Bertz CT molecular complexity index is 1300. The zero-order valence-corrected chi connectivity index (χ0v) is 19.0. The molecule has 3 atom stereocenters. The first-order chi connectivity index (χ1) is 16.4. The van der Waals surface area contributed by atoms with Crippen molar-refractivity contribution >= 4 is 35.3 Å². The number of nitrogens with zero attached hydrogens (tertiary/aromatic N) is 5. The van der Waals surface area contributed by atoms with Gasteiger partial charge in [0.25, 0.3) is 5.96 Å². The molecule has 4 aliphatic rings. The summed E-state index contributed by atoms with van der Waals surface area (Å²) in [5.41, 5.74) is 3.10. The van der Waals surface area contributed by atoms with Crippen LogP contribution >= 0.6 is 0 Å². The van der Waals surface area contributed by atoms with E-state index in [1.165, 1.54) is 0 Å². The number of aliphatic hydroxyl groups excluding tert-OH is 1. The van der Waals surface area contributed by atoms with Gasteiger partial charge in [-0.25, -0.2) is 0 Å². The van der Waals surface area contributed by atoms with Gasteiger partial charge in [0.15, 0.2) is 6.20 Å². The Kier molecular flexibility index (Phi) is 4.57. The van der Waals surface area contributed by atoms with Crippen molar-refractivity contribution in [3.8, 4) is 0 Å². The molecule has 0 bridgehead atoms. The topological polar surface area (TPSA) is 102 Å². The molecule has 6 rings (SSSR count). The molecule has 4 heterocycles. The molecule has 1 fully saturated rings. The molecule has 9 heteroatoms. The summed E-state index contributed by atoms with van der Waals surface area (Å²) in [4.78, 5) is 21.3. The third-order valence-electron chi connectivity index (χ3n) is 6.95.